The summed E-state index contributed by atoms with van der Waals surface area (Å²) in [7, 11) is 0. The third-order valence-corrected chi connectivity index (χ3v) is 4.68. The maximum Gasteiger partial charge on any atom is 0.0650 e. The maximum absolute atomic E-state index is 9.09. The molecule has 0 aliphatic heterocycles. The molecule has 1 unspecified atom stereocenters. The van der Waals surface area contributed by atoms with E-state index in [1.807, 2.05) is 0 Å². The first-order valence-electron chi connectivity index (χ1n) is 10.9. The Morgan fingerprint density at radius 1 is 0.583 bits per heavy atom. The number of aliphatic hydroxyl groups excluding tert-OH is 1. The van der Waals surface area contributed by atoms with Crippen LogP contribution in [0.5, 0.6) is 0 Å². The predicted octanol–water partition coefficient (Wildman–Crippen LogP) is 5.72. The number of hydrogen-bond acceptors (Lipinski definition) is 3. The van der Waals surface area contributed by atoms with Crippen molar-refractivity contribution in [2.75, 3.05) is 13.1 Å². The van der Waals surface area contributed by atoms with Crippen LogP contribution in [0, 0.1) is 0 Å². The van der Waals surface area contributed by atoms with E-state index in [0.717, 1.165) is 6.54 Å². The first kappa shape index (κ1) is 23.9. The fourth-order valence-corrected chi connectivity index (χ4v) is 3.07. The molecule has 0 heterocycles. The zero-order valence-electron chi connectivity index (χ0n) is 16.8. The fraction of sp³-hybridized carbons (Fsp3) is 1.00. The molecule has 0 spiro atoms. The smallest absolute Gasteiger partial charge is 0.0650 e. The Hall–Kier alpha value is -0.120. The molecule has 0 aromatic carbocycles. The minimum atomic E-state index is -0.275. The summed E-state index contributed by atoms with van der Waals surface area (Å²) >= 11 is 0. The van der Waals surface area contributed by atoms with Gasteiger partial charge in [0, 0.05) is 13.1 Å². The Kier molecular flexibility index (Phi) is 20.8. The van der Waals surface area contributed by atoms with Crippen molar-refractivity contribution in [3.8, 4) is 0 Å². The molecule has 3 nitrogen and oxygen atoms in total. The maximum atomic E-state index is 9.09. The molecule has 146 valence electrons. The van der Waals surface area contributed by atoms with Gasteiger partial charge in [0.05, 0.1) is 6.10 Å². The van der Waals surface area contributed by atoms with Crippen molar-refractivity contribution >= 4 is 0 Å². The van der Waals surface area contributed by atoms with Crippen molar-refractivity contribution in [3.63, 3.8) is 0 Å². The highest BCUT2D eigenvalue weighted by Gasteiger charge is 1.95. The van der Waals surface area contributed by atoms with Gasteiger partial charge in [-0.05, 0) is 13.3 Å². The summed E-state index contributed by atoms with van der Waals surface area (Å²) in [6, 6.07) is 0. The molecule has 3 heteroatoms. The summed E-state index contributed by atoms with van der Waals surface area (Å²) in [4.78, 5) is 0. The molecule has 0 saturated heterocycles. The third kappa shape index (κ3) is 21.9. The topological polar surface area (TPSA) is 44.3 Å². The van der Waals surface area contributed by atoms with E-state index in [1.165, 1.54) is 103 Å². The van der Waals surface area contributed by atoms with Crippen molar-refractivity contribution in [3.05, 3.63) is 0 Å². The molecule has 3 N–H and O–H groups in total. The molecule has 0 aromatic rings. The second-order valence-corrected chi connectivity index (χ2v) is 7.46. The van der Waals surface area contributed by atoms with Gasteiger partial charge in [0.2, 0.25) is 0 Å². The summed E-state index contributed by atoms with van der Waals surface area (Å²) in [5.74, 6) is 0. The summed E-state index contributed by atoms with van der Waals surface area (Å²) in [6.07, 6.45) is 22.3. The second kappa shape index (κ2) is 20.9. The standard InChI is InChI=1S/C21H46N2O/c1-3-4-5-6-7-8-9-10-11-12-13-14-15-16-17-18-19-22-23-20-21(2)24/h21-24H,3-20H2,1-2H3. The Morgan fingerprint density at radius 2 is 0.958 bits per heavy atom. The Bertz CT molecular complexity index is 222. The highest BCUT2D eigenvalue weighted by atomic mass is 16.3. The first-order valence-corrected chi connectivity index (χ1v) is 10.9. The lowest BCUT2D eigenvalue weighted by Gasteiger charge is -2.08. The van der Waals surface area contributed by atoms with Crippen molar-refractivity contribution in [2.45, 2.75) is 123 Å². The van der Waals surface area contributed by atoms with Crippen LogP contribution in [0.4, 0.5) is 0 Å². The summed E-state index contributed by atoms with van der Waals surface area (Å²) in [6.45, 7) is 5.71. The van der Waals surface area contributed by atoms with E-state index in [-0.39, 0.29) is 6.10 Å². The van der Waals surface area contributed by atoms with Gasteiger partial charge in [0.1, 0.15) is 0 Å². The van der Waals surface area contributed by atoms with E-state index in [2.05, 4.69) is 17.8 Å². The summed E-state index contributed by atoms with van der Waals surface area (Å²) < 4.78 is 0. The van der Waals surface area contributed by atoms with Gasteiger partial charge in [0.25, 0.3) is 0 Å². The van der Waals surface area contributed by atoms with Crippen LogP contribution in [-0.2, 0) is 0 Å². The lowest BCUT2D eigenvalue weighted by atomic mass is 10.0. The number of hydrazine groups is 1. The molecule has 0 aliphatic carbocycles. The molecule has 0 fully saturated rings. The van der Waals surface area contributed by atoms with E-state index in [1.54, 1.807) is 6.92 Å². The molecule has 24 heavy (non-hydrogen) atoms. The monoisotopic (exact) mass is 342 g/mol. The highest BCUT2D eigenvalue weighted by molar-refractivity contribution is 4.52. The van der Waals surface area contributed by atoms with Crippen LogP contribution >= 0.6 is 0 Å². The Labute approximate surface area is 152 Å². The normalized spacial score (nSPS) is 12.6. The molecule has 0 aromatic heterocycles. The van der Waals surface area contributed by atoms with Crippen LogP contribution in [0.1, 0.15) is 117 Å². The van der Waals surface area contributed by atoms with Gasteiger partial charge < -0.3 is 5.11 Å². The van der Waals surface area contributed by atoms with Crippen molar-refractivity contribution in [1.29, 1.82) is 0 Å². The zero-order valence-corrected chi connectivity index (χ0v) is 16.8. The molecule has 0 rings (SSSR count). The largest absolute Gasteiger partial charge is 0.392 e. The minimum Gasteiger partial charge on any atom is -0.392 e. The van der Waals surface area contributed by atoms with Crippen molar-refractivity contribution in [2.24, 2.45) is 0 Å². The molecule has 0 radical (unpaired) electrons. The molecule has 0 bridgehead atoms. The first-order chi connectivity index (χ1) is 11.8. The summed E-state index contributed by atoms with van der Waals surface area (Å²) in [5, 5.41) is 9.09. The number of nitrogens with one attached hydrogen (secondary N) is 2. The summed E-state index contributed by atoms with van der Waals surface area (Å²) in [5.41, 5.74) is 6.19. The van der Waals surface area contributed by atoms with Crippen molar-refractivity contribution < 1.29 is 5.11 Å². The van der Waals surface area contributed by atoms with Gasteiger partial charge in [-0.1, -0.05) is 103 Å². The molecule has 0 amide bonds. The van der Waals surface area contributed by atoms with Crippen LogP contribution in [0.3, 0.4) is 0 Å². The second-order valence-electron chi connectivity index (χ2n) is 7.46. The van der Waals surface area contributed by atoms with E-state index in [9.17, 15) is 0 Å². The third-order valence-electron chi connectivity index (χ3n) is 4.68. The van der Waals surface area contributed by atoms with E-state index < -0.39 is 0 Å². The minimum absolute atomic E-state index is 0.275. The zero-order chi connectivity index (χ0) is 17.7. The van der Waals surface area contributed by atoms with Gasteiger partial charge in [-0.2, -0.15) is 0 Å². The van der Waals surface area contributed by atoms with Crippen LogP contribution < -0.4 is 10.9 Å². The van der Waals surface area contributed by atoms with E-state index >= 15 is 0 Å². The van der Waals surface area contributed by atoms with Gasteiger partial charge in [-0.3, -0.25) is 10.9 Å². The molecule has 0 aliphatic rings. The van der Waals surface area contributed by atoms with Crippen LogP contribution in [-0.4, -0.2) is 24.3 Å². The Balaban J connectivity index is 2.95. The number of rotatable bonds is 20. The van der Waals surface area contributed by atoms with Crippen molar-refractivity contribution in [1.82, 2.24) is 10.9 Å². The highest BCUT2D eigenvalue weighted by Crippen LogP contribution is 2.13. The Morgan fingerprint density at radius 3 is 1.33 bits per heavy atom. The molecular formula is C21H46N2O. The average Bonchev–Trinajstić information content (AvgIpc) is 2.56. The molecule has 0 saturated carbocycles. The van der Waals surface area contributed by atoms with E-state index in [0.29, 0.717) is 6.54 Å². The average molecular weight is 343 g/mol. The van der Waals surface area contributed by atoms with Crippen LogP contribution in [0.25, 0.3) is 0 Å². The quantitative estimate of drug-likeness (QED) is 0.196. The van der Waals surface area contributed by atoms with Gasteiger partial charge in [-0.25, -0.2) is 0 Å². The van der Waals surface area contributed by atoms with Crippen LogP contribution in [0.2, 0.25) is 0 Å². The van der Waals surface area contributed by atoms with E-state index in [4.69, 9.17) is 5.11 Å². The predicted molar refractivity (Wildman–Crippen MR) is 107 cm³/mol. The van der Waals surface area contributed by atoms with Crippen LogP contribution in [0.15, 0.2) is 0 Å². The fourth-order valence-electron chi connectivity index (χ4n) is 3.07. The van der Waals surface area contributed by atoms with Gasteiger partial charge in [0.15, 0.2) is 0 Å². The number of hydrogen-bond donors (Lipinski definition) is 3. The van der Waals surface area contributed by atoms with Gasteiger partial charge in [-0.15, -0.1) is 0 Å². The SMILES string of the molecule is CCCCCCCCCCCCCCCCCCNNCC(C)O. The number of aliphatic hydroxyl groups is 1. The van der Waals surface area contributed by atoms with Gasteiger partial charge >= 0.3 is 0 Å². The lowest BCUT2D eigenvalue weighted by molar-refractivity contribution is 0.185. The number of unbranched alkanes of at least 4 members (excludes halogenated alkanes) is 15. The molecule has 1 atom stereocenters. The lowest BCUT2D eigenvalue weighted by Crippen LogP contribution is -2.37. The molecular weight excluding hydrogens is 296 g/mol.